The molecule has 0 saturated carbocycles. The minimum atomic E-state index is -0.511. The quantitative estimate of drug-likeness (QED) is 0.662. The first-order valence-corrected chi connectivity index (χ1v) is 6.88. The minimum absolute atomic E-state index is 0.0533. The first kappa shape index (κ1) is 13.3. The summed E-state index contributed by atoms with van der Waals surface area (Å²) in [6.07, 6.45) is 1.66. The molecule has 0 amide bonds. The maximum Gasteiger partial charge on any atom is 0.165 e. The highest BCUT2D eigenvalue weighted by atomic mass is 35.5. The average Bonchev–Trinajstić information content (AvgIpc) is 2.82. The molecule has 0 unspecified atom stereocenters. The van der Waals surface area contributed by atoms with Crippen LogP contribution < -0.4 is 0 Å². The van der Waals surface area contributed by atoms with Gasteiger partial charge in [0.25, 0.3) is 0 Å². The molecule has 0 radical (unpaired) electrons. The van der Waals surface area contributed by atoms with Crippen molar-refractivity contribution in [3.05, 3.63) is 52.7 Å². The van der Waals surface area contributed by atoms with E-state index in [4.69, 9.17) is 23.2 Å². The topological polar surface area (TPSA) is 30.7 Å². The summed E-state index contributed by atoms with van der Waals surface area (Å²) < 4.78 is 15.9. The number of halogens is 3. The van der Waals surface area contributed by atoms with Gasteiger partial charge in [-0.3, -0.25) is 4.57 Å². The van der Waals surface area contributed by atoms with E-state index < -0.39 is 5.82 Å². The molecule has 3 rings (SSSR count). The molecule has 0 N–H and O–H groups in total. The molecule has 3 nitrogen and oxygen atoms in total. The Labute approximate surface area is 125 Å². The van der Waals surface area contributed by atoms with Crippen LogP contribution in [-0.2, 0) is 5.88 Å². The molecule has 2 aromatic heterocycles. The molecule has 1 aromatic carbocycles. The molecule has 20 heavy (non-hydrogen) atoms. The van der Waals surface area contributed by atoms with Crippen LogP contribution in [0.1, 0.15) is 11.4 Å². The second-order valence-electron chi connectivity index (χ2n) is 4.37. The van der Waals surface area contributed by atoms with Gasteiger partial charge in [0.05, 0.1) is 16.6 Å². The summed E-state index contributed by atoms with van der Waals surface area (Å²) >= 11 is 11.8. The molecule has 102 valence electrons. The van der Waals surface area contributed by atoms with E-state index in [-0.39, 0.29) is 10.9 Å². The van der Waals surface area contributed by atoms with Crippen molar-refractivity contribution in [3.63, 3.8) is 0 Å². The number of pyridine rings is 1. The Morgan fingerprint density at radius 2 is 2.10 bits per heavy atom. The van der Waals surface area contributed by atoms with Crippen molar-refractivity contribution in [2.75, 3.05) is 0 Å². The number of hydrogen-bond donors (Lipinski definition) is 0. The fourth-order valence-electron chi connectivity index (χ4n) is 2.15. The van der Waals surface area contributed by atoms with Crippen molar-refractivity contribution in [3.8, 4) is 5.69 Å². The Hall–Kier alpha value is -1.65. The summed E-state index contributed by atoms with van der Waals surface area (Å²) in [6.45, 7) is 1.92. The number of aryl methyl sites for hydroxylation is 1. The van der Waals surface area contributed by atoms with Gasteiger partial charge >= 0.3 is 0 Å². The van der Waals surface area contributed by atoms with E-state index in [0.717, 1.165) is 5.56 Å². The van der Waals surface area contributed by atoms with Gasteiger partial charge in [-0.1, -0.05) is 17.7 Å². The first-order chi connectivity index (χ1) is 9.63. The highest BCUT2D eigenvalue weighted by Crippen LogP contribution is 2.27. The summed E-state index contributed by atoms with van der Waals surface area (Å²) in [5.74, 6) is 0.176. The molecule has 2 heterocycles. The number of rotatable bonds is 2. The van der Waals surface area contributed by atoms with Crippen LogP contribution in [0.25, 0.3) is 16.9 Å². The van der Waals surface area contributed by atoms with Gasteiger partial charge in [-0.05, 0) is 30.7 Å². The molecule has 0 atom stereocenters. The standard InChI is InChI=1S/C14H10Cl2FN3/c1-8-5-6-18-14-13(8)19-11(7-15)20(14)10-4-2-3-9(16)12(10)17/h2-6H,7H2,1H3. The summed E-state index contributed by atoms with van der Waals surface area (Å²) in [5.41, 5.74) is 2.54. The van der Waals surface area contributed by atoms with Gasteiger partial charge in [-0.15, -0.1) is 11.6 Å². The Morgan fingerprint density at radius 1 is 1.30 bits per heavy atom. The van der Waals surface area contributed by atoms with E-state index in [1.54, 1.807) is 22.9 Å². The molecular formula is C14H10Cl2FN3. The zero-order valence-corrected chi connectivity index (χ0v) is 12.1. The maximum atomic E-state index is 14.3. The van der Waals surface area contributed by atoms with Crippen LogP contribution in [-0.4, -0.2) is 14.5 Å². The Balaban J connectivity index is 2.41. The number of nitrogens with zero attached hydrogens (tertiary/aromatic N) is 3. The highest BCUT2D eigenvalue weighted by molar-refractivity contribution is 6.30. The van der Waals surface area contributed by atoms with E-state index in [9.17, 15) is 4.39 Å². The third kappa shape index (κ3) is 1.96. The normalized spacial score (nSPS) is 11.2. The van der Waals surface area contributed by atoms with Crippen molar-refractivity contribution in [1.29, 1.82) is 0 Å². The van der Waals surface area contributed by atoms with Gasteiger partial charge in [-0.2, -0.15) is 0 Å². The fraction of sp³-hybridized carbons (Fsp3) is 0.143. The van der Waals surface area contributed by atoms with Crippen LogP contribution in [0, 0.1) is 12.7 Å². The molecule has 0 spiro atoms. The number of aromatic nitrogens is 3. The van der Waals surface area contributed by atoms with Crippen LogP contribution in [0.2, 0.25) is 5.02 Å². The third-order valence-corrected chi connectivity index (χ3v) is 3.64. The van der Waals surface area contributed by atoms with E-state index in [1.807, 2.05) is 13.0 Å². The van der Waals surface area contributed by atoms with E-state index in [2.05, 4.69) is 9.97 Å². The molecule has 0 aliphatic heterocycles. The predicted octanol–water partition coefficient (Wildman–Crippen LogP) is 4.26. The van der Waals surface area contributed by atoms with Gasteiger partial charge in [0, 0.05) is 6.20 Å². The number of imidazole rings is 1. The average molecular weight is 310 g/mol. The van der Waals surface area contributed by atoms with Crippen LogP contribution >= 0.6 is 23.2 Å². The van der Waals surface area contributed by atoms with Crippen molar-refractivity contribution in [2.24, 2.45) is 0 Å². The number of benzene rings is 1. The summed E-state index contributed by atoms with van der Waals surface area (Å²) in [5, 5.41) is 0.0533. The summed E-state index contributed by atoms with van der Waals surface area (Å²) in [6, 6.07) is 6.66. The van der Waals surface area contributed by atoms with Gasteiger partial charge in [0.2, 0.25) is 0 Å². The minimum Gasteiger partial charge on any atom is -0.277 e. The van der Waals surface area contributed by atoms with Crippen molar-refractivity contribution < 1.29 is 4.39 Å². The van der Waals surface area contributed by atoms with Gasteiger partial charge < -0.3 is 0 Å². The summed E-state index contributed by atoms with van der Waals surface area (Å²) in [4.78, 5) is 8.73. The maximum absolute atomic E-state index is 14.3. The third-order valence-electron chi connectivity index (χ3n) is 3.11. The molecule has 0 aliphatic carbocycles. The van der Waals surface area contributed by atoms with Crippen LogP contribution in [0.5, 0.6) is 0 Å². The largest absolute Gasteiger partial charge is 0.277 e. The molecular weight excluding hydrogens is 300 g/mol. The zero-order chi connectivity index (χ0) is 14.3. The smallest absolute Gasteiger partial charge is 0.165 e. The Morgan fingerprint density at radius 3 is 2.85 bits per heavy atom. The van der Waals surface area contributed by atoms with E-state index in [0.29, 0.717) is 22.7 Å². The SMILES string of the molecule is Cc1ccnc2c1nc(CCl)n2-c1cccc(Cl)c1F. The molecule has 3 aromatic rings. The monoisotopic (exact) mass is 309 g/mol. The number of fused-ring (bicyclic) bond motifs is 1. The van der Waals surface area contributed by atoms with Crippen LogP contribution in [0.4, 0.5) is 4.39 Å². The molecule has 0 fully saturated rings. The number of alkyl halides is 1. The lowest BCUT2D eigenvalue weighted by Crippen LogP contribution is -2.03. The highest BCUT2D eigenvalue weighted by Gasteiger charge is 2.18. The van der Waals surface area contributed by atoms with Crippen molar-refractivity contribution in [1.82, 2.24) is 14.5 Å². The molecule has 0 saturated heterocycles. The van der Waals surface area contributed by atoms with E-state index in [1.165, 1.54) is 6.07 Å². The van der Waals surface area contributed by atoms with Crippen LogP contribution in [0.15, 0.2) is 30.5 Å². The predicted molar refractivity (Wildman–Crippen MR) is 78.1 cm³/mol. The van der Waals surface area contributed by atoms with Gasteiger partial charge in [0.15, 0.2) is 11.5 Å². The lowest BCUT2D eigenvalue weighted by Gasteiger charge is -2.09. The van der Waals surface area contributed by atoms with Gasteiger partial charge in [-0.25, -0.2) is 14.4 Å². The zero-order valence-electron chi connectivity index (χ0n) is 10.6. The van der Waals surface area contributed by atoms with Crippen molar-refractivity contribution in [2.45, 2.75) is 12.8 Å². The molecule has 0 aliphatic rings. The Bertz CT molecular complexity index is 798. The lowest BCUT2D eigenvalue weighted by atomic mass is 10.2. The molecule has 6 heteroatoms. The van der Waals surface area contributed by atoms with Crippen LogP contribution in [0.3, 0.4) is 0 Å². The number of hydrogen-bond acceptors (Lipinski definition) is 2. The van der Waals surface area contributed by atoms with Gasteiger partial charge in [0.1, 0.15) is 11.3 Å². The first-order valence-electron chi connectivity index (χ1n) is 5.96. The molecule has 0 bridgehead atoms. The van der Waals surface area contributed by atoms with E-state index >= 15 is 0 Å². The second-order valence-corrected chi connectivity index (χ2v) is 5.04. The lowest BCUT2D eigenvalue weighted by molar-refractivity contribution is 0.618. The fourth-order valence-corrected chi connectivity index (χ4v) is 2.50. The van der Waals surface area contributed by atoms with Crippen molar-refractivity contribution >= 4 is 34.4 Å². The Kier molecular flexibility index (Phi) is 3.36. The second kappa shape index (κ2) is 5.04. The summed E-state index contributed by atoms with van der Waals surface area (Å²) in [7, 11) is 0.